The SMILES string of the molecule is CC(C)n1ncc2cc(C(=O)N(C)[C@H]3CCS(=O)(=O)C3)cnc21. The van der Waals surface area contributed by atoms with Crippen molar-refractivity contribution < 1.29 is 13.2 Å². The quantitative estimate of drug-likeness (QED) is 0.843. The average molecular weight is 336 g/mol. The molecule has 0 aromatic carbocycles. The summed E-state index contributed by atoms with van der Waals surface area (Å²) in [5.41, 5.74) is 1.19. The third-order valence-electron chi connectivity index (χ3n) is 4.25. The van der Waals surface area contributed by atoms with Crippen LogP contribution in [0.15, 0.2) is 18.5 Å². The Morgan fingerprint density at radius 2 is 2.13 bits per heavy atom. The lowest BCUT2D eigenvalue weighted by atomic mass is 10.1. The molecule has 0 spiro atoms. The van der Waals surface area contributed by atoms with Crippen LogP contribution in [-0.4, -0.2) is 58.6 Å². The first-order chi connectivity index (χ1) is 10.8. The molecule has 0 unspecified atom stereocenters. The molecule has 1 saturated heterocycles. The number of fused-ring (bicyclic) bond motifs is 1. The third-order valence-corrected chi connectivity index (χ3v) is 6.00. The van der Waals surface area contributed by atoms with E-state index in [0.29, 0.717) is 12.0 Å². The second-order valence-corrected chi connectivity index (χ2v) is 8.52. The minimum absolute atomic E-state index is 0.0379. The van der Waals surface area contributed by atoms with Gasteiger partial charge in [-0.25, -0.2) is 18.1 Å². The molecule has 0 aliphatic carbocycles. The van der Waals surface area contributed by atoms with E-state index in [1.54, 1.807) is 24.0 Å². The predicted molar refractivity (Wildman–Crippen MR) is 87.1 cm³/mol. The summed E-state index contributed by atoms with van der Waals surface area (Å²) >= 11 is 0. The molecule has 1 amide bonds. The Morgan fingerprint density at radius 1 is 1.39 bits per heavy atom. The number of carbonyl (C=O) groups is 1. The maximum absolute atomic E-state index is 12.6. The molecule has 1 fully saturated rings. The van der Waals surface area contributed by atoms with Crippen LogP contribution in [0.5, 0.6) is 0 Å². The van der Waals surface area contributed by atoms with Crippen LogP contribution in [0.2, 0.25) is 0 Å². The van der Waals surface area contributed by atoms with Gasteiger partial charge in [-0.15, -0.1) is 0 Å². The highest BCUT2D eigenvalue weighted by Gasteiger charge is 2.33. The van der Waals surface area contributed by atoms with Gasteiger partial charge < -0.3 is 4.90 Å². The monoisotopic (exact) mass is 336 g/mol. The van der Waals surface area contributed by atoms with Crippen molar-refractivity contribution in [2.24, 2.45) is 0 Å². The Kier molecular flexibility index (Phi) is 3.87. The molecule has 8 heteroatoms. The minimum atomic E-state index is -3.02. The number of pyridine rings is 1. The summed E-state index contributed by atoms with van der Waals surface area (Å²) in [6, 6.07) is 1.69. The summed E-state index contributed by atoms with van der Waals surface area (Å²) in [6.45, 7) is 4.03. The number of hydrogen-bond donors (Lipinski definition) is 0. The molecule has 3 rings (SSSR count). The zero-order valence-corrected chi connectivity index (χ0v) is 14.2. The van der Waals surface area contributed by atoms with Crippen LogP contribution in [0, 0.1) is 0 Å². The van der Waals surface area contributed by atoms with Crippen molar-refractivity contribution >= 4 is 26.8 Å². The van der Waals surface area contributed by atoms with Crippen molar-refractivity contribution in [3.8, 4) is 0 Å². The van der Waals surface area contributed by atoms with Crippen molar-refractivity contribution in [2.75, 3.05) is 18.6 Å². The fraction of sp³-hybridized carbons (Fsp3) is 0.533. The molecular weight excluding hydrogens is 316 g/mol. The van der Waals surface area contributed by atoms with Gasteiger partial charge in [0.15, 0.2) is 15.5 Å². The van der Waals surface area contributed by atoms with Crippen molar-refractivity contribution in [3.63, 3.8) is 0 Å². The first-order valence-corrected chi connectivity index (χ1v) is 9.41. The van der Waals surface area contributed by atoms with Crippen LogP contribution in [0.1, 0.15) is 36.7 Å². The van der Waals surface area contributed by atoms with Crippen molar-refractivity contribution in [3.05, 3.63) is 24.0 Å². The molecule has 2 aromatic heterocycles. The van der Waals surface area contributed by atoms with Gasteiger partial charge in [-0.2, -0.15) is 5.10 Å². The average Bonchev–Trinajstić information content (AvgIpc) is 3.08. The smallest absolute Gasteiger partial charge is 0.255 e. The van der Waals surface area contributed by atoms with Gasteiger partial charge in [-0.05, 0) is 26.3 Å². The van der Waals surface area contributed by atoms with Crippen molar-refractivity contribution in [2.45, 2.75) is 32.4 Å². The largest absolute Gasteiger partial charge is 0.338 e. The third kappa shape index (κ3) is 2.95. The molecule has 3 heterocycles. The topological polar surface area (TPSA) is 85.2 Å². The zero-order chi connectivity index (χ0) is 16.8. The van der Waals surface area contributed by atoms with Crippen LogP contribution in [-0.2, 0) is 9.84 Å². The molecule has 2 aromatic rings. The summed E-state index contributed by atoms with van der Waals surface area (Å²) in [5.74, 6) is -0.0250. The van der Waals surface area contributed by atoms with E-state index in [2.05, 4.69) is 10.1 Å². The number of nitrogens with zero attached hydrogens (tertiary/aromatic N) is 4. The summed E-state index contributed by atoms with van der Waals surface area (Å²) < 4.78 is 25.0. The van der Waals surface area contributed by atoms with Crippen LogP contribution in [0.3, 0.4) is 0 Å². The maximum atomic E-state index is 12.6. The zero-order valence-electron chi connectivity index (χ0n) is 13.4. The van der Waals surface area contributed by atoms with E-state index in [1.165, 1.54) is 11.1 Å². The molecule has 1 aliphatic rings. The molecule has 1 atom stereocenters. The highest BCUT2D eigenvalue weighted by Crippen LogP contribution is 2.21. The molecular formula is C15H20N4O3S. The number of rotatable bonds is 3. The van der Waals surface area contributed by atoms with E-state index in [1.807, 2.05) is 13.8 Å². The van der Waals surface area contributed by atoms with E-state index >= 15 is 0 Å². The number of amides is 1. The Labute approximate surface area is 135 Å². The molecule has 1 aliphatic heterocycles. The second kappa shape index (κ2) is 5.59. The van der Waals surface area contributed by atoms with Gasteiger partial charge in [0.2, 0.25) is 0 Å². The van der Waals surface area contributed by atoms with Crippen molar-refractivity contribution in [1.29, 1.82) is 0 Å². The van der Waals surface area contributed by atoms with E-state index in [-0.39, 0.29) is 29.5 Å². The highest BCUT2D eigenvalue weighted by atomic mass is 32.2. The predicted octanol–water partition coefficient (Wildman–Crippen LogP) is 1.27. The fourth-order valence-corrected chi connectivity index (χ4v) is 4.66. The lowest BCUT2D eigenvalue weighted by Crippen LogP contribution is -2.37. The molecule has 0 radical (unpaired) electrons. The van der Waals surface area contributed by atoms with Gasteiger partial charge >= 0.3 is 0 Å². The van der Waals surface area contributed by atoms with E-state index in [4.69, 9.17) is 0 Å². The Bertz CT molecular complexity index is 857. The Hall–Kier alpha value is -1.96. The Balaban J connectivity index is 1.86. The molecule has 23 heavy (non-hydrogen) atoms. The molecule has 0 N–H and O–H groups in total. The van der Waals surface area contributed by atoms with E-state index in [0.717, 1.165) is 11.0 Å². The molecule has 7 nitrogen and oxygen atoms in total. The summed E-state index contributed by atoms with van der Waals surface area (Å²) in [5, 5.41) is 5.09. The van der Waals surface area contributed by atoms with Gasteiger partial charge in [0.1, 0.15) is 0 Å². The highest BCUT2D eigenvalue weighted by molar-refractivity contribution is 7.91. The van der Waals surface area contributed by atoms with E-state index < -0.39 is 9.84 Å². The number of aromatic nitrogens is 3. The van der Waals surface area contributed by atoms with Gasteiger partial charge in [-0.3, -0.25) is 4.79 Å². The first kappa shape index (κ1) is 15.9. The van der Waals surface area contributed by atoms with Gasteiger partial charge in [-0.1, -0.05) is 0 Å². The standard InChI is InChI=1S/C15H20N4O3S/c1-10(2)19-14-11(8-17-19)6-12(7-16-14)15(20)18(3)13-4-5-23(21,22)9-13/h6-8,10,13H,4-5,9H2,1-3H3/t13-/m0/s1. The van der Waals surface area contributed by atoms with Crippen LogP contribution in [0.4, 0.5) is 0 Å². The lowest BCUT2D eigenvalue weighted by molar-refractivity contribution is 0.0747. The van der Waals surface area contributed by atoms with Gasteiger partial charge in [0.25, 0.3) is 5.91 Å². The van der Waals surface area contributed by atoms with Crippen LogP contribution >= 0.6 is 0 Å². The molecule has 0 saturated carbocycles. The van der Waals surface area contributed by atoms with Crippen LogP contribution in [0.25, 0.3) is 11.0 Å². The fourth-order valence-electron chi connectivity index (χ4n) is 2.89. The number of carbonyl (C=O) groups excluding carboxylic acids is 1. The Morgan fingerprint density at radius 3 is 2.74 bits per heavy atom. The first-order valence-electron chi connectivity index (χ1n) is 7.59. The number of sulfone groups is 1. The van der Waals surface area contributed by atoms with E-state index in [9.17, 15) is 13.2 Å². The normalized spacial score (nSPS) is 20.3. The number of hydrogen-bond acceptors (Lipinski definition) is 5. The maximum Gasteiger partial charge on any atom is 0.255 e. The molecule has 124 valence electrons. The minimum Gasteiger partial charge on any atom is -0.338 e. The van der Waals surface area contributed by atoms with Gasteiger partial charge in [0, 0.05) is 30.7 Å². The summed E-state index contributed by atoms with van der Waals surface area (Å²) in [4.78, 5) is 18.5. The lowest BCUT2D eigenvalue weighted by Gasteiger charge is -2.23. The van der Waals surface area contributed by atoms with Gasteiger partial charge in [0.05, 0.1) is 23.3 Å². The summed E-state index contributed by atoms with van der Waals surface area (Å²) in [6.07, 6.45) is 3.72. The van der Waals surface area contributed by atoms with Crippen LogP contribution < -0.4 is 0 Å². The summed E-state index contributed by atoms with van der Waals surface area (Å²) in [7, 11) is -1.37. The van der Waals surface area contributed by atoms with Crippen molar-refractivity contribution in [1.82, 2.24) is 19.7 Å². The molecule has 0 bridgehead atoms. The second-order valence-electron chi connectivity index (χ2n) is 6.29.